The molecule has 1 aromatic carbocycles. The molecule has 49 heavy (non-hydrogen) atoms. The van der Waals surface area contributed by atoms with Crippen LogP contribution >= 0.6 is 0 Å². The zero-order valence-corrected chi connectivity index (χ0v) is 27.3. The molecule has 254 valence electrons. The fourth-order valence-electron chi connectivity index (χ4n) is 7.77. The van der Waals surface area contributed by atoms with E-state index in [1.807, 2.05) is 7.05 Å². The van der Waals surface area contributed by atoms with Crippen molar-refractivity contribution in [3.8, 4) is 22.3 Å². The lowest BCUT2D eigenvalue weighted by Crippen LogP contribution is -2.35. The van der Waals surface area contributed by atoms with Crippen LogP contribution in [0, 0.1) is 17.6 Å². The second-order valence-corrected chi connectivity index (χ2v) is 13.2. The highest BCUT2D eigenvalue weighted by atomic mass is 19.2. The summed E-state index contributed by atoms with van der Waals surface area (Å²) in [5.74, 6) is -3.94. The van der Waals surface area contributed by atoms with E-state index in [1.54, 1.807) is 25.5 Å². The Morgan fingerprint density at radius 3 is 2.59 bits per heavy atom. The summed E-state index contributed by atoms with van der Waals surface area (Å²) in [5.41, 5.74) is 7.74. The third-order valence-electron chi connectivity index (χ3n) is 10.2. The van der Waals surface area contributed by atoms with Gasteiger partial charge in [-0.15, -0.1) is 0 Å². The number of amides is 1. The maximum absolute atomic E-state index is 16.2. The Hall–Kier alpha value is -5.08. The number of carboxylic acid groups (broad SMARTS) is 1. The maximum atomic E-state index is 16.2. The number of benzene rings is 1. The number of aromatic nitrogens is 3. The largest absolute Gasteiger partial charge is 0.477 e. The number of nitrogens with zero attached hydrogens (tertiary/aromatic N) is 6. The quantitative estimate of drug-likeness (QED) is 0.252. The predicted octanol–water partition coefficient (Wildman–Crippen LogP) is 2.95. The Balaban J connectivity index is 1.44. The lowest BCUT2D eigenvalue weighted by atomic mass is 9.96. The molecule has 2 fully saturated rings. The smallest absolute Gasteiger partial charge is 0.341 e. The molecular weight excluding hydrogens is 636 g/mol. The van der Waals surface area contributed by atoms with Gasteiger partial charge in [0.1, 0.15) is 17.0 Å². The van der Waals surface area contributed by atoms with Crippen LogP contribution in [0.5, 0.6) is 0 Å². The Morgan fingerprint density at radius 2 is 1.86 bits per heavy atom. The molecule has 0 saturated carbocycles. The van der Waals surface area contributed by atoms with E-state index in [1.165, 1.54) is 22.7 Å². The number of aromatic carboxylic acids is 1. The molecule has 0 bridgehead atoms. The lowest BCUT2D eigenvalue weighted by Gasteiger charge is -2.31. The minimum atomic E-state index is -1.36. The van der Waals surface area contributed by atoms with Crippen LogP contribution in [0.25, 0.3) is 33.3 Å². The van der Waals surface area contributed by atoms with Gasteiger partial charge in [-0.3, -0.25) is 19.4 Å². The second kappa shape index (κ2) is 12.1. The third kappa shape index (κ3) is 5.26. The standard InChI is InChI=1S/C35H35F2N7O5/c1-41-14-17-6-7-44(27(17)16-41)32-22(18-8-21-33(47)23(35(48)49)15-42(2)34(21)40-12-18)13-39-25-9-20-26(10-24(36)31(37)29(20)30(25)32)43(3)28(46)5-4-19(45)11-38/h8,10,12-13,15,17,27H,4-7,9,11,14,16,38H2,1-3H3,(H,48,49)/t17-,27?/m0/s1. The van der Waals surface area contributed by atoms with Crippen LogP contribution in [0.3, 0.4) is 0 Å². The first-order chi connectivity index (χ1) is 23.4. The molecule has 1 unspecified atom stereocenters. The SMILES string of the molecule is CN1CC2[C@@H](CCN2c2c(-c3cnc4c(c3)c(=O)c(C(=O)O)cn4C)cnc3c2-c2c(F)c(F)cc(N(C)C(=O)CCC(=O)CN)c2C3)C1. The number of Topliss-reactive ketones (excluding diaryl/α,β-unsaturated/α-hetero) is 1. The van der Waals surface area contributed by atoms with Crippen LogP contribution in [0.2, 0.25) is 0 Å². The number of nitrogens with two attached hydrogens (primary N) is 1. The minimum absolute atomic E-state index is 0.0136. The molecule has 7 rings (SSSR count). The molecule has 3 aliphatic rings. The number of rotatable bonds is 8. The van der Waals surface area contributed by atoms with Crippen LogP contribution in [-0.4, -0.2) is 88.5 Å². The van der Waals surface area contributed by atoms with Crippen molar-refractivity contribution in [2.24, 2.45) is 18.7 Å². The van der Waals surface area contributed by atoms with E-state index in [-0.39, 0.29) is 59.9 Å². The summed E-state index contributed by atoms with van der Waals surface area (Å²) in [6, 6.07) is 2.65. The molecule has 0 spiro atoms. The van der Waals surface area contributed by atoms with Crippen molar-refractivity contribution in [2.45, 2.75) is 31.7 Å². The van der Waals surface area contributed by atoms with Crippen LogP contribution in [-0.2, 0) is 23.1 Å². The zero-order valence-electron chi connectivity index (χ0n) is 27.3. The van der Waals surface area contributed by atoms with E-state index >= 15 is 8.78 Å². The topological polar surface area (TPSA) is 155 Å². The molecule has 2 aliphatic heterocycles. The van der Waals surface area contributed by atoms with Crippen molar-refractivity contribution in [2.75, 3.05) is 50.1 Å². The van der Waals surface area contributed by atoms with Crippen molar-refractivity contribution in [1.29, 1.82) is 0 Å². The van der Waals surface area contributed by atoms with Gasteiger partial charge in [0.25, 0.3) is 0 Å². The number of fused-ring (bicyclic) bond motifs is 5. The van der Waals surface area contributed by atoms with Crippen LogP contribution < -0.4 is 21.0 Å². The summed E-state index contributed by atoms with van der Waals surface area (Å²) in [6.07, 6.45) is 5.25. The van der Waals surface area contributed by atoms with Gasteiger partial charge < -0.3 is 30.1 Å². The predicted molar refractivity (Wildman–Crippen MR) is 179 cm³/mol. The lowest BCUT2D eigenvalue weighted by molar-refractivity contribution is -0.123. The number of likely N-dealkylation sites (tertiary alicyclic amines) is 1. The number of anilines is 2. The normalized spacial score (nSPS) is 18.1. The molecule has 12 nitrogen and oxygen atoms in total. The molecule has 0 radical (unpaired) electrons. The van der Waals surface area contributed by atoms with E-state index in [4.69, 9.17) is 10.7 Å². The van der Waals surface area contributed by atoms with E-state index < -0.39 is 34.5 Å². The first-order valence-corrected chi connectivity index (χ1v) is 16.1. The number of likely N-dealkylation sites (N-methyl/N-ethyl adjacent to an activating group) is 1. The number of hydrogen-bond donors (Lipinski definition) is 2. The Labute approximate surface area is 279 Å². The summed E-state index contributed by atoms with van der Waals surface area (Å²) >= 11 is 0. The Kier molecular flexibility index (Phi) is 8.02. The monoisotopic (exact) mass is 671 g/mol. The van der Waals surface area contributed by atoms with Gasteiger partial charge in [-0.1, -0.05) is 0 Å². The summed E-state index contributed by atoms with van der Waals surface area (Å²) in [4.78, 5) is 65.1. The number of pyridine rings is 3. The van der Waals surface area contributed by atoms with Crippen molar-refractivity contribution in [3.05, 3.63) is 69.4 Å². The summed E-state index contributed by atoms with van der Waals surface area (Å²) in [5, 5.41) is 9.77. The average molecular weight is 672 g/mol. The van der Waals surface area contributed by atoms with Gasteiger partial charge >= 0.3 is 5.97 Å². The van der Waals surface area contributed by atoms with Crippen LogP contribution in [0.15, 0.2) is 35.5 Å². The highest BCUT2D eigenvalue weighted by molar-refractivity contribution is 6.02. The summed E-state index contributed by atoms with van der Waals surface area (Å²) in [6.45, 7) is 2.09. The molecule has 2 saturated heterocycles. The van der Waals surface area contributed by atoms with Gasteiger partial charge in [0.2, 0.25) is 11.3 Å². The molecule has 1 amide bonds. The first kappa shape index (κ1) is 32.5. The number of aryl methyl sites for hydroxylation is 1. The number of carbonyl (C=O) groups excluding carboxylic acids is 2. The van der Waals surface area contributed by atoms with Gasteiger partial charge in [-0.25, -0.2) is 18.6 Å². The van der Waals surface area contributed by atoms with E-state index in [9.17, 15) is 24.3 Å². The van der Waals surface area contributed by atoms with Crippen molar-refractivity contribution in [3.63, 3.8) is 0 Å². The van der Waals surface area contributed by atoms with Crippen molar-refractivity contribution >= 4 is 40.1 Å². The molecule has 5 heterocycles. The highest BCUT2D eigenvalue weighted by Crippen LogP contribution is 2.52. The van der Waals surface area contributed by atoms with Gasteiger partial charge in [0, 0.05) is 106 Å². The van der Waals surface area contributed by atoms with Crippen molar-refractivity contribution < 1.29 is 28.3 Å². The number of ketones is 1. The summed E-state index contributed by atoms with van der Waals surface area (Å²) < 4.78 is 33.2. The fraction of sp³-hybridized carbons (Fsp3) is 0.371. The van der Waals surface area contributed by atoms with Crippen molar-refractivity contribution in [1.82, 2.24) is 19.4 Å². The van der Waals surface area contributed by atoms with E-state index in [0.29, 0.717) is 46.1 Å². The second-order valence-electron chi connectivity index (χ2n) is 13.2. The summed E-state index contributed by atoms with van der Waals surface area (Å²) in [7, 11) is 5.12. The number of carbonyl (C=O) groups is 3. The Bertz CT molecular complexity index is 2150. The van der Waals surface area contributed by atoms with E-state index in [0.717, 1.165) is 25.6 Å². The number of carboxylic acids is 1. The van der Waals surface area contributed by atoms with Gasteiger partial charge in [0.15, 0.2) is 11.6 Å². The molecule has 2 atom stereocenters. The van der Waals surface area contributed by atoms with Crippen LogP contribution in [0.1, 0.15) is 40.9 Å². The molecule has 3 N–H and O–H groups in total. The third-order valence-corrected chi connectivity index (χ3v) is 10.2. The molecule has 3 aromatic heterocycles. The molecular formula is C35H35F2N7O5. The van der Waals surface area contributed by atoms with Crippen LogP contribution in [0.4, 0.5) is 20.2 Å². The highest BCUT2D eigenvalue weighted by Gasteiger charge is 2.44. The number of halogens is 2. The molecule has 14 heteroatoms. The van der Waals surface area contributed by atoms with E-state index in [2.05, 4.69) is 14.8 Å². The minimum Gasteiger partial charge on any atom is -0.477 e. The van der Waals surface area contributed by atoms with Gasteiger partial charge in [-0.2, -0.15) is 0 Å². The zero-order chi connectivity index (χ0) is 34.9. The molecule has 4 aromatic rings. The Morgan fingerprint density at radius 1 is 1.08 bits per heavy atom. The molecule has 1 aliphatic carbocycles. The average Bonchev–Trinajstić information content (AvgIpc) is 3.77. The van der Waals surface area contributed by atoms with Gasteiger partial charge in [-0.05, 0) is 31.0 Å². The first-order valence-electron chi connectivity index (χ1n) is 16.1. The van der Waals surface area contributed by atoms with Gasteiger partial charge in [0.05, 0.1) is 29.0 Å². The number of hydrogen-bond acceptors (Lipinski definition) is 9. The maximum Gasteiger partial charge on any atom is 0.341 e. The fourth-order valence-corrected chi connectivity index (χ4v) is 7.77.